The smallest absolute Gasteiger partial charge is 0.00780 e. The highest BCUT2D eigenvalue weighted by molar-refractivity contribution is 5.77. The molecule has 0 spiro atoms. The largest absolute Gasteiger partial charge is 0.0839 e. The van der Waals surface area contributed by atoms with Crippen molar-refractivity contribution in [1.29, 1.82) is 0 Å². The molecule has 0 heterocycles. The second-order valence-corrected chi connectivity index (χ2v) is 6.98. The molecule has 1 aromatic carbocycles. The lowest BCUT2D eigenvalue weighted by atomic mass is 9.73. The molecule has 0 saturated heterocycles. The first-order valence-corrected chi connectivity index (χ1v) is 8.64. The van der Waals surface area contributed by atoms with Crippen LogP contribution in [0.2, 0.25) is 0 Å². The fourth-order valence-corrected chi connectivity index (χ4v) is 4.17. The maximum atomic E-state index is 2.39. The second kappa shape index (κ2) is 5.76. The van der Waals surface area contributed by atoms with Gasteiger partial charge in [0.1, 0.15) is 0 Å². The fraction of sp³-hybridized carbons (Fsp3) is 0.364. The Morgan fingerprint density at radius 3 is 2.82 bits per heavy atom. The van der Waals surface area contributed by atoms with E-state index in [0.717, 1.165) is 0 Å². The third-order valence-electron chi connectivity index (χ3n) is 5.41. The van der Waals surface area contributed by atoms with E-state index in [1.807, 2.05) is 0 Å². The van der Waals surface area contributed by atoms with Gasteiger partial charge in [-0.25, -0.2) is 0 Å². The molecule has 0 nitrogen and oxygen atoms in total. The van der Waals surface area contributed by atoms with Gasteiger partial charge in [0.2, 0.25) is 0 Å². The number of fused-ring (bicyclic) bond motifs is 2. The van der Waals surface area contributed by atoms with E-state index in [0.29, 0.717) is 5.92 Å². The van der Waals surface area contributed by atoms with Gasteiger partial charge < -0.3 is 0 Å². The van der Waals surface area contributed by atoms with Crippen molar-refractivity contribution in [3.8, 4) is 0 Å². The van der Waals surface area contributed by atoms with Gasteiger partial charge in [0.25, 0.3) is 0 Å². The maximum absolute atomic E-state index is 2.39. The fourth-order valence-electron chi connectivity index (χ4n) is 4.17. The highest BCUT2D eigenvalue weighted by Crippen LogP contribution is 2.45. The van der Waals surface area contributed by atoms with E-state index < -0.39 is 0 Å². The van der Waals surface area contributed by atoms with Gasteiger partial charge in [-0.05, 0) is 73.6 Å². The van der Waals surface area contributed by atoms with E-state index in [4.69, 9.17) is 0 Å². The van der Waals surface area contributed by atoms with Gasteiger partial charge in [0, 0.05) is 0 Å². The first-order chi connectivity index (χ1) is 10.8. The Bertz CT molecular complexity index is 709. The first kappa shape index (κ1) is 13.8. The van der Waals surface area contributed by atoms with Crippen molar-refractivity contribution in [2.24, 2.45) is 0 Å². The summed E-state index contributed by atoms with van der Waals surface area (Å²) in [5, 5.41) is 0. The number of hydrogen-bond donors (Lipinski definition) is 0. The van der Waals surface area contributed by atoms with Gasteiger partial charge in [-0.2, -0.15) is 0 Å². The van der Waals surface area contributed by atoms with Crippen molar-refractivity contribution >= 4 is 5.57 Å². The summed E-state index contributed by atoms with van der Waals surface area (Å²) in [5.41, 5.74) is 9.48. The average molecular weight is 288 g/mol. The number of allylic oxidation sites excluding steroid dienone is 8. The van der Waals surface area contributed by atoms with E-state index in [1.54, 1.807) is 22.3 Å². The molecule has 1 unspecified atom stereocenters. The molecule has 0 heteroatoms. The molecule has 0 aliphatic heterocycles. The lowest BCUT2D eigenvalue weighted by Gasteiger charge is -2.31. The van der Waals surface area contributed by atoms with E-state index >= 15 is 0 Å². The van der Waals surface area contributed by atoms with Gasteiger partial charge >= 0.3 is 0 Å². The summed E-state index contributed by atoms with van der Waals surface area (Å²) >= 11 is 0. The summed E-state index contributed by atoms with van der Waals surface area (Å²) in [6, 6.07) is 9.13. The van der Waals surface area contributed by atoms with Gasteiger partial charge in [0.15, 0.2) is 0 Å². The number of hydrogen-bond acceptors (Lipinski definition) is 0. The summed E-state index contributed by atoms with van der Waals surface area (Å²) in [5.74, 6) is 0.663. The predicted octanol–water partition coefficient (Wildman–Crippen LogP) is 6.33. The van der Waals surface area contributed by atoms with Crippen molar-refractivity contribution in [1.82, 2.24) is 0 Å². The third-order valence-corrected chi connectivity index (χ3v) is 5.41. The minimum Gasteiger partial charge on any atom is -0.0839 e. The monoisotopic (exact) mass is 288 g/mol. The van der Waals surface area contributed by atoms with Crippen molar-refractivity contribution in [2.45, 2.75) is 51.4 Å². The van der Waals surface area contributed by atoms with E-state index in [1.165, 1.54) is 49.7 Å². The van der Waals surface area contributed by atoms with Crippen LogP contribution >= 0.6 is 0 Å². The Morgan fingerprint density at radius 1 is 1.05 bits per heavy atom. The van der Waals surface area contributed by atoms with Crippen molar-refractivity contribution in [3.05, 3.63) is 76.4 Å². The molecule has 4 rings (SSSR count). The SMILES string of the molecule is CC1=CC=C(CC2CC3=C(CCC=C3)c3ccccc32)CC1. The minimum atomic E-state index is 0.663. The molecule has 0 saturated carbocycles. The molecule has 3 aliphatic carbocycles. The van der Waals surface area contributed by atoms with Crippen molar-refractivity contribution in [3.63, 3.8) is 0 Å². The van der Waals surface area contributed by atoms with Gasteiger partial charge in [-0.15, -0.1) is 0 Å². The Kier molecular flexibility index (Phi) is 3.62. The Labute approximate surface area is 133 Å². The molecule has 3 aliphatic rings. The van der Waals surface area contributed by atoms with Crippen LogP contribution in [0.4, 0.5) is 0 Å². The Morgan fingerprint density at radius 2 is 1.95 bits per heavy atom. The predicted molar refractivity (Wildman–Crippen MR) is 94.8 cm³/mol. The number of rotatable bonds is 2. The molecule has 0 amide bonds. The average Bonchev–Trinajstić information content (AvgIpc) is 2.57. The maximum Gasteiger partial charge on any atom is -0.00780 e. The molecule has 0 radical (unpaired) electrons. The highest BCUT2D eigenvalue weighted by atomic mass is 14.3. The van der Waals surface area contributed by atoms with Gasteiger partial charge in [-0.1, -0.05) is 59.7 Å². The molecule has 0 aromatic heterocycles. The third kappa shape index (κ3) is 2.52. The van der Waals surface area contributed by atoms with Crippen LogP contribution in [-0.2, 0) is 0 Å². The normalized spacial score (nSPS) is 23.6. The van der Waals surface area contributed by atoms with Gasteiger partial charge in [-0.3, -0.25) is 0 Å². The molecule has 1 aromatic rings. The highest BCUT2D eigenvalue weighted by Gasteiger charge is 2.26. The lowest BCUT2D eigenvalue weighted by molar-refractivity contribution is 0.641. The van der Waals surface area contributed by atoms with Crippen LogP contribution in [0.15, 0.2) is 65.3 Å². The molecule has 0 N–H and O–H groups in total. The second-order valence-electron chi connectivity index (χ2n) is 6.98. The van der Waals surface area contributed by atoms with E-state index in [9.17, 15) is 0 Å². The molecule has 1 atom stereocenters. The zero-order valence-corrected chi connectivity index (χ0v) is 13.4. The molecular formula is C22H24. The van der Waals surface area contributed by atoms with Gasteiger partial charge in [0.05, 0.1) is 0 Å². The number of benzene rings is 1. The van der Waals surface area contributed by atoms with E-state index in [2.05, 4.69) is 55.5 Å². The van der Waals surface area contributed by atoms with Crippen molar-refractivity contribution < 1.29 is 0 Å². The van der Waals surface area contributed by atoms with Crippen LogP contribution in [0.1, 0.15) is 62.5 Å². The summed E-state index contributed by atoms with van der Waals surface area (Å²) < 4.78 is 0. The zero-order valence-electron chi connectivity index (χ0n) is 13.4. The summed E-state index contributed by atoms with van der Waals surface area (Å²) in [6.45, 7) is 2.24. The van der Waals surface area contributed by atoms with Crippen LogP contribution in [-0.4, -0.2) is 0 Å². The summed E-state index contributed by atoms with van der Waals surface area (Å²) in [6.07, 6.45) is 16.8. The lowest BCUT2D eigenvalue weighted by Crippen LogP contribution is -2.13. The van der Waals surface area contributed by atoms with Crippen molar-refractivity contribution in [2.75, 3.05) is 0 Å². The molecule has 0 bridgehead atoms. The van der Waals surface area contributed by atoms with Crippen LogP contribution in [0.5, 0.6) is 0 Å². The molecule has 22 heavy (non-hydrogen) atoms. The van der Waals surface area contributed by atoms with Crippen LogP contribution in [0.25, 0.3) is 5.57 Å². The van der Waals surface area contributed by atoms with E-state index in [-0.39, 0.29) is 0 Å². The minimum absolute atomic E-state index is 0.663. The molecule has 0 fully saturated rings. The van der Waals surface area contributed by atoms with Crippen LogP contribution in [0.3, 0.4) is 0 Å². The van der Waals surface area contributed by atoms with Crippen LogP contribution in [0, 0.1) is 0 Å². The molecule has 112 valence electrons. The Hall–Kier alpha value is -1.82. The quantitative estimate of drug-likeness (QED) is 0.596. The topological polar surface area (TPSA) is 0 Å². The first-order valence-electron chi connectivity index (χ1n) is 8.64. The summed E-state index contributed by atoms with van der Waals surface area (Å²) in [7, 11) is 0. The standard InChI is InChI=1S/C22H24/c1-16-10-12-17(13-11-16)14-19-15-18-6-2-3-7-20(18)22-9-5-4-8-21(19)22/h2,4-6,8-10,12,19H,3,7,11,13-15H2,1H3. The summed E-state index contributed by atoms with van der Waals surface area (Å²) in [4.78, 5) is 0. The molecular weight excluding hydrogens is 264 g/mol. The zero-order chi connectivity index (χ0) is 14.9. The Balaban J connectivity index is 1.67. The van der Waals surface area contributed by atoms with Crippen LogP contribution < -0.4 is 0 Å².